The first kappa shape index (κ1) is 14.8. The quantitative estimate of drug-likeness (QED) is 0.735. The van der Waals surface area contributed by atoms with Gasteiger partial charge in [-0.25, -0.2) is 18.1 Å². The molecule has 2 aromatic rings. The second-order valence-corrected chi connectivity index (χ2v) is 6.34. The Morgan fingerprint density at radius 2 is 2.25 bits per heavy atom. The van der Waals surface area contributed by atoms with Gasteiger partial charge in [0.15, 0.2) is 0 Å². The Labute approximate surface area is 122 Å². The summed E-state index contributed by atoms with van der Waals surface area (Å²) in [4.78, 5) is 6.96. The molecule has 1 unspecified atom stereocenters. The Balaban J connectivity index is 2.31. The number of H-pyrrole nitrogens is 1. The zero-order valence-corrected chi connectivity index (χ0v) is 12.4. The van der Waals surface area contributed by atoms with Crippen molar-refractivity contribution in [2.24, 2.45) is 0 Å². The van der Waals surface area contributed by atoms with Crippen LogP contribution in [0.15, 0.2) is 35.5 Å². The van der Waals surface area contributed by atoms with E-state index in [1.54, 1.807) is 12.4 Å². The van der Waals surface area contributed by atoms with E-state index >= 15 is 0 Å². The van der Waals surface area contributed by atoms with Crippen LogP contribution in [0.5, 0.6) is 0 Å². The number of nitrogen functional groups attached to an aromatic ring is 1. The number of anilines is 1. The third-order valence-electron chi connectivity index (χ3n) is 2.80. The van der Waals surface area contributed by atoms with E-state index in [-0.39, 0.29) is 9.92 Å². The number of nitrogens with two attached hydrogens (primary N) is 1. The van der Waals surface area contributed by atoms with Crippen LogP contribution < -0.4 is 10.5 Å². The molecule has 0 aliphatic rings. The van der Waals surface area contributed by atoms with Crippen LogP contribution in [-0.4, -0.2) is 18.4 Å². The number of nitrogens with zero attached hydrogens (tertiary/aromatic N) is 1. The van der Waals surface area contributed by atoms with Gasteiger partial charge in [-0.2, -0.15) is 0 Å². The minimum absolute atomic E-state index is 0.00151. The summed E-state index contributed by atoms with van der Waals surface area (Å²) in [6.45, 7) is 1.86. The molecular formula is C12H15ClN4O2S. The van der Waals surface area contributed by atoms with Crippen LogP contribution in [0.25, 0.3) is 0 Å². The Morgan fingerprint density at radius 1 is 1.50 bits per heavy atom. The summed E-state index contributed by atoms with van der Waals surface area (Å²) in [6, 6.07) is 3.84. The third kappa shape index (κ3) is 3.12. The number of hydrogen-bond donors (Lipinski definition) is 3. The number of halogens is 1. The predicted molar refractivity (Wildman–Crippen MR) is 77.8 cm³/mol. The van der Waals surface area contributed by atoms with Gasteiger partial charge in [0, 0.05) is 18.1 Å². The van der Waals surface area contributed by atoms with E-state index < -0.39 is 16.1 Å². The molecule has 0 spiro atoms. The van der Waals surface area contributed by atoms with Crippen molar-refractivity contribution in [1.29, 1.82) is 0 Å². The van der Waals surface area contributed by atoms with E-state index in [2.05, 4.69) is 14.7 Å². The van der Waals surface area contributed by atoms with Crippen LogP contribution in [0.4, 0.5) is 5.69 Å². The fourth-order valence-corrected chi connectivity index (χ4v) is 3.62. The van der Waals surface area contributed by atoms with Gasteiger partial charge in [-0.3, -0.25) is 0 Å². The number of imidazole rings is 1. The molecule has 4 N–H and O–H groups in total. The lowest BCUT2D eigenvalue weighted by Gasteiger charge is -2.15. The van der Waals surface area contributed by atoms with Gasteiger partial charge in [-0.1, -0.05) is 18.5 Å². The molecule has 1 atom stereocenters. The molecule has 1 aromatic carbocycles. The fourth-order valence-electron chi connectivity index (χ4n) is 1.79. The number of aromatic nitrogens is 2. The van der Waals surface area contributed by atoms with Crippen molar-refractivity contribution in [3.63, 3.8) is 0 Å². The van der Waals surface area contributed by atoms with Crippen LogP contribution >= 0.6 is 11.6 Å². The highest BCUT2D eigenvalue weighted by atomic mass is 35.5. The van der Waals surface area contributed by atoms with Gasteiger partial charge in [-0.15, -0.1) is 0 Å². The van der Waals surface area contributed by atoms with Gasteiger partial charge in [0.05, 0.1) is 11.1 Å². The molecule has 1 aromatic heterocycles. The number of sulfonamides is 1. The summed E-state index contributed by atoms with van der Waals surface area (Å²) in [7, 11) is -3.74. The number of nitrogens with one attached hydrogen (secondary N) is 2. The standard InChI is InChI=1S/C12H15ClN4O2S/c1-2-10(12-15-5-6-16-12)17-20(18,19)11-4-3-8(14)7-9(11)13/h3-7,10,17H,2,14H2,1H3,(H,15,16). The monoisotopic (exact) mass is 314 g/mol. The molecule has 0 fully saturated rings. The van der Waals surface area contributed by atoms with E-state index in [0.717, 1.165) is 0 Å². The number of rotatable bonds is 5. The highest BCUT2D eigenvalue weighted by molar-refractivity contribution is 7.89. The molecule has 0 saturated carbocycles. The van der Waals surface area contributed by atoms with Gasteiger partial charge in [0.1, 0.15) is 10.7 Å². The van der Waals surface area contributed by atoms with E-state index in [1.165, 1.54) is 18.2 Å². The highest BCUT2D eigenvalue weighted by Gasteiger charge is 2.23. The summed E-state index contributed by atoms with van der Waals surface area (Å²) in [6.07, 6.45) is 3.77. The van der Waals surface area contributed by atoms with Gasteiger partial charge >= 0.3 is 0 Å². The van der Waals surface area contributed by atoms with Crippen molar-refractivity contribution in [3.8, 4) is 0 Å². The summed E-state index contributed by atoms with van der Waals surface area (Å²) in [5.41, 5.74) is 5.97. The average molecular weight is 315 g/mol. The second kappa shape index (κ2) is 5.82. The first-order chi connectivity index (χ1) is 9.44. The van der Waals surface area contributed by atoms with Crippen molar-refractivity contribution in [2.45, 2.75) is 24.3 Å². The topological polar surface area (TPSA) is 101 Å². The van der Waals surface area contributed by atoms with Crippen molar-refractivity contribution >= 4 is 27.3 Å². The molecule has 1 heterocycles. The minimum Gasteiger partial charge on any atom is -0.399 e. The van der Waals surface area contributed by atoms with Crippen LogP contribution in [0.2, 0.25) is 5.02 Å². The Bertz CT molecular complexity index is 685. The molecule has 0 saturated heterocycles. The summed E-state index contributed by atoms with van der Waals surface area (Å²) in [5.74, 6) is 0.558. The summed E-state index contributed by atoms with van der Waals surface area (Å²) in [5, 5.41) is 0.0896. The maximum atomic E-state index is 12.4. The first-order valence-corrected chi connectivity index (χ1v) is 7.86. The Morgan fingerprint density at radius 3 is 2.80 bits per heavy atom. The molecule has 0 radical (unpaired) electrons. The van der Waals surface area contributed by atoms with Crippen molar-refractivity contribution < 1.29 is 8.42 Å². The SMILES string of the molecule is CCC(NS(=O)(=O)c1ccc(N)cc1Cl)c1ncc[nH]1. The molecular weight excluding hydrogens is 300 g/mol. The predicted octanol–water partition coefficient (Wildman–Crippen LogP) is 2.07. The molecule has 8 heteroatoms. The van der Waals surface area contributed by atoms with E-state index in [0.29, 0.717) is 17.9 Å². The maximum absolute atomic E-state index is 12.4. The minimum atomic E-state index is -3.74. The summed E-state index contributed by atoms with van der Waals surface area (Å²) >= 11 is 5.94. The molecule has 2 rings (SSSR count). The third-order valence-corrected chi connectivity index (χ3v) is 4.76. The molecule has 20 heavy (non-hydrogen) atoms. The van der Waals surface area contributed by atoms with Crippen molar-refractivity contribution in [3.05, 3.63) is 41.4 Å². The molecule has 0 amide bonds. The zero-order valence-electron chi connectivity index (χ0n) is 10.8. The van der Waals surface area contributed by atoms with Gasteiger partial charge in [0.25, 0.3) is 0 Å². The summed E-state index contributed by atoms with van der Waals surface area (Å²) < 4.78 is 27.3. The van der Waals surface area contributed by atoms with Gasteiger partial charge < -0.3 is 10.7 Å². The van der Waals surface area contributed by atoms with Crippen LogP contribution in [0.3, 0.4) is 0 Å². The molecule has 0 bridgehead atoms. The van der Waals surface area contributed by atoms with Gasteiger partial charge in [-0.05, 0) is 24.6 Å². The fraction of sp³-hybridized carbons (Fsp3) is 0.250. The van der Waals surface area contributed by atoms with Crippen LogP contribution in [0.1, 0.15) is 25.2 Å². The lowest BCUT2D eigenvalue weighted by molar-refractivity contribution is 0.539. The second-order valence-electron chi connectivity index (χ2n) is 4.25. The molecule has 0 aliphatic heterocycles. The number of hydrogen-bond acceptors (Lipinski definition) is 4. The van der Waals surface area contributed by atoms with Crippen LogP contribution in [-0.2, 0) is 10.0 Å². The zero-order chi connectivity index (χ0) is 14.8. The normalized spacial score (nSPS) is 13.3. The van der Waals surface area contributed by atoms with Gasteiger partial charge in [0.2, 0.25) is 10.0 Å². The smallest absolute Gasteiger partial charge is 0.242 e. The Hall–Kier alpha value is -1.57. The molecule has 108 valence electrons. The van der Waals surface area contributed by atoms with Crippen molar-refractivity contribution in [1.82, 2.24) is 14.7 Å². The largest absolute Gasteiger partial charge is 0.399 e. The highest BCUT2D eigenvalue weighted by Crippen LogP contribution is 2.25. The van der Waals surface area contributed by atoms with E-state index in [4.69, 9.17) is 17.3 Å². The lowest BCUT2D eigenvalue weighted by Crippen LogP contribution is -2.29. The lowest BCUT2D eigenvalue weighted by atomic mass is 10.2. The molecule has 0 aliphatic carbocycles. The van der Waals surface area contributed by atoms with Crippen molar-refractivity contribution in [2.75, 3.05) is 5.73 Å². The number of benzene rings is 1. The van der Waals surface area contributed by atoms with E-state index in [9.17, 15) is 8.42 Å². The Kier molecular flexibility index (Phi) is 4.32. The van der Waals surface area contributed by atoms with E-state index in [1.807, 2.05) is 6.92 Å². The maximum Gasteiger partial charge on any atom is 0.242 e. The number of aromatic amines is 1. The first-order valence-electron chi connectivity index (χ1n) is 6.00. The van der Waals surface area contributed by atoms with Crippen LogP contribution in [0, 0.1) is 0 Å². The molecule has 6 nitrogen and oxygen atoms in total. The average Bonchev–Trinajstić information content (AvgIpc) is 2.89.